The smallest absolute Gasteiger partial charge is 0.259 e. The van der Waals surface area contributed by atoms with E-state index in [9.17, 15) is 4.79 Å². The molecule has 0 saturated carbocycles. The largest absolute Gasteiger partial charge is 0.384 e. The van der Waals surface area contributed by atoms with Crippen LogP contribution in [0.25, 0.3) is 0 Å². The Kier molecular flexibility index (Phi) is 4.50. The van der Waals surface area contributed by atoms with Gasteiger partial charge in [0.15, 0.2) is 0 Å². The topological polar surface area (TPSA) is 85.8 Å². The van der Waals surface area contributed by atoms with Gasteiger partial charge in [-0.1, -0.05) is 0 Å². The van der Waals surface area contributed by atoms with Gasteiger partial charge in [0.25, 0.3) is 5.91 Å². The van der Waals surface area contributed by atoms with Crippen LogP contribution in [-0.2, 0) is 7.05 Å². The molecule has 0 fully saturated rings. The van der Waals surface area contributed by atoms with Crippen molar-refractivity contribution in [3.8, 4) is 0 Å². The molecule has 2 aromatic rings. The first-order valence-corrected chi connectivity index (χ1v) is 5.52. The standard InChI is InChI=1S/C12H15N5O.ClH/c1-7-11(8(2)17(3)16-7)12(18)15-9-4-5-10(13)14-6-9;/h4-6H,1-3H3,(H2,13,14)(H,15,18);1H. The van der Waals surface area contributed by atoms with Crippen LogP contribution in [0.2, 0.25) is 0 Å². The van der Waals surface area contributed by atoms with Gasteiger partial charge in [0.1, 0.15) is 5.82 Å². The van der Waals surface area contributed by atoms with E-state index in [1.165, 1.54) is 6.20 Å². The first-order valence-electron chi connectivity index (χ1n) is 5.52. The molecule has 2 heterocycles. The summed E-state index contributed by atoms with van der Waals surface area (Å²) < 4.78 is 1.69. The van der Waals surface area contributed by atoms with Crippen molar-refractivity contribution >= 4 is 29.8 Å². The number of aryl methyl sites for hydroxylation is 2. The Hall–Kier alpha value is -2.08. The summed E-state index contributed by atoms with van der Waals surface area (Å²) in [6.45, 7) is 3.67. The number of carbonyl (C=O) groups excluding carboxylic acids is 1. The van der Waals surface area contributed by atoms with Gasteiger partial charge in [-0.05, 0) is 26.0 Å². The highest BCUT2D eigenvalue weighted by Gasteiger charge is 2.17. The van der Waals surface area contributed by atoms with Crippen molar-refractivity contribution in [2.45, 2.75) is 13.8 Å². The Balaban J connectivity index is 0.00000180. The molecule has 0 bridgehead atoms. The fourth-order valence-electron chi connectivity index (χ4n) is 1.78. The summed E-state index contributed by atoms with van der Waals surface area (Å²) in [6, 6.07) is 3.35. The molecule has 0 saturated heterocycles. The molecule has 2 rings (SSSR count). The van der Waals surface area contributed by atoms with Crippen LogP contribution in [0.5, 0.6) is 0 Å². The zero-order valence-electron chi connectivity index (χ0n) is 11.0. The highest BCUT2D eigenvalue weighted by molar-refractivity contribution is 6.05. The maximum atomic E-state index is 12.1. The first kappa shape index (κ1) is 15.0. The number of nitrogen functional groups attached to an aromatic ring is 1. The van der Waals surface area contributed by atoms with Crippen molar-refractivity contribution in [1.82, 2.24) is 14.8 Å². The second-order valence-corrected chi connectivity index (χ2v) is 4.10. The van der Waals surface area contributed by atoms with Crippen molar-refractivity contribution in [3.63, 3.8) is 0 Å². The van der Waals surface area contributed by atoms with Crippen LogP contribution in [0, 0.1) is 13.8 Å². The summed E-state index contributed by atoms with van der Waals surface area (Å²) in [4.78, 5) is 16.0. The Morgan fingerprint density at radius 1 is 1.37 bits per heavy atom. The number of halogens is 1. The number of anilines is 2. The van der Waals surface area contributed by atoms with Crippen LogP contribution in [-0.4, -0.2) is 20.7 Å². The maximum absolute atomic E-state index is 12.1. The second-order valence-electron chi connectivity index (χ2n) is 4.10. The molecule has 0 aromatic carbocycles. The fourth-order valence-corrected chi connectivity index (χ4v) is 1.78. The van der Waals surface area contributed by atoms with Crippen molar-refractivity contribution in [3.05, 3.63) is 35.3 Å². The predicted octanol–water partition coefficient (Wildman–Crippen LogP) is 1.69. The number of aromatic nitrogens is 3. The van der Waals surface area contributed by atoms with E-state index < -0.39 is 0 Å². The van der Waals surface area contributed by atoms with Gasteiger partial charge in [-0.2, -0.15) is 5.10 Å². The fraction of sp³-hybridized carbons (Fsp3) is 0.250. The van der Waals surface area contributed by atoms with Crippen molar-refractivity contribution in [2.24, 2.45) is 7.05 Å². The molecule has 2 aromatic heterocycles. The number of nitrogens with zero attached hydrogens (tertiary/aromatic N) is 3. The molecule has 6 nitrogen and oxygen atoms in total. The third kappa shape index (κ3) is 3.03. The number of nitrogens with one attached hydrogen (secondary N) is 1. The van der Waals surface area contributed by atoms with Gasteiger partial charge in [0.2, 0.25) is 0 Å². The average molecular weight is 282 g/mol. The van der Waals surface area contributed by atoms with E-state index in [0.29, 0.717) is 22.8 Å². The number of rotatable bonds is 2. The van der Waals surface area contributed by atoms with Gasteiger partial charge >= 0.3 is 0 Å². The summed E-state index contributed by atoms with van der Waals surface area (Å²) in [5.41, 5.74) is 8.21. The Labute approximate surface area is 117 Å². The quantitative estimate of drug-likeness (QED) is 0.877. The van der Waals surface area contributed by atoms with Crippen molar-refractivity contribution < 1.29 is 4.79 Å². The van der Waals surface area contributed by atoms with Crippen LogP contribution in [0.4, 0.5) is 11.5 Å². The van der Waals surface area contributed by atoms with Crippen LogP contribution in [0.3, 0.4) is 0 Å². The van der Waals surface area contributed by atoms with Gasteiger partial charge in [-0.25, -0.2) is 4.98 Å². The summed E-state index contributed by atoms with van der Waals surface area (Å²) in [7, 11) is 1.81. The lowest BCUT2D eigenvalue weighted by molar-refractivity contribution is 0.102. The Bertz CT molecular complexity index is 591. The molecule has 0 aliphatic carbocycles. The third-order valence-corrected chi connectivity index (χ3v) is 2.78. The molecule has 0 aliphatic rings. The number of carbonyl (C=O) groups is 1. The molecule has 0 unspecified atom stereocenters. The third-order valence-electron chi connectivity index (χ3n) is 2.78. The summed E-state index contributed by atoms with van der Waals surface area (Å²) in [5.74, 6) is 0.228. The first-order chi connectivity index (χ1) is 8.49. The van der Waals surface area contributed by atoms with Gasteiger partial charge in [-0.15, -0.1) is 12.4 Å². The Morgan fingerprint density at radius 3 is 2.53 bits per heavy atom. The van der Waals surface area contributed by atoms with Crippen LogP contribution in [0.1, 0.15) is 21.7 Å². The van der Waals surface area contributed by atoms with E-state index in [1.807, 2.05) is 20.9 Å². The zero-order valence-corrected chi connectivity index (χ0v) is 11.8. The molecule has 0 radical (unpaired) electrons. The predicted molar refractivity (Wildman–Crippen MR) is 76.5 cm³/mol. The molecule has 0 atom stereocenters. The highest BCUT2D eigenvalue weighted by atomic mass is 35.5. The van der Waals surface area contributed by atoms with Gasteiger partial charge in [-0.3, -0.25) is 9.48 Å². The lowest BCUT2D eigenvalue weighted by Gasteiger charge is -2.05. The molecule has 3 N–H and O–H groups in total. The van der Waals surface area contributed by atoms with E-state index in [4.69, 9.17) is 5.73 Å². The summed E-state index contributed by atoms with van der Waals surface area (Å²) in [6.07, 6.45) is 1.52. The minimum atomic E-state index is -0.190. The molecular formula is C12H16ClN5O. The van der Waals surface area contributed by atoms with Gasteiger partial charge < -0.3 is 11.1 Å². The summed E-state index contributed by atoms with van der Waals surface area (Å²) >= 11 is 0. The van der Waals surface area contributed by atoms with E-state index in [-0.39, 0.29) is 18.3 Å². The summed E-state index contributed by atoms with van der Waals surface area (Å²) in [5, 5.41) is 6.98. The SMILES string of the molecule is Cc1nn(C)c(C)c1C(=O)Nc1ccc(N)nc1.Cl. The van der Waals surface area contributed by atoms with E-state index in [1.54, 1.807) is 16.8 Å². The lowest BCUT2D eigenvalue weighted by atomic mass is 10.2. The van der Waals surface area contributed by atoms with E-state index in [2.05, 4.69) is 15.4 Å². The molecule has 0 spiro atoms. The van der Waals surface area contributed by atoms with Crippen molar-refractivity contribution in [2.75, 3.05) is 11.1 Å². The number of pyridine rings is 1. The zero-order chi connectivity index (χ0) is 13.3. The van der Waals surface area contributed by atoms with Gasteiger partial charge in [0, 0.05) is 12.7 Å². The Morgan fingerprint density at radius 2 is 2.05 bits per heavy atom. The maximum Gasteiger partial charge on any atom is 0.259 e. The van der Waals surface area contributed by atoms with Gasteiger partial charge in [0.05, 0.1) is 23.1 Å². The van der Waals surface area contributed by atoms with Crippen LogP contribution in [0.15, 0.2) is 18.3 Å². The normalized spacial score (nSPS) is 9.84. The number of amides is 1. The molecule has 19 heavy (non-hydrogen) atoms. The molecule has 0 aliphatic heterocycles. The highest BCUT2D eigenvalue weighted by Crippen LogP contribution is 2.15. The lowest BCUT2D eigenvalue weighted by Crippen LogP contribution is -2.14. The second kappa shape index (κ2) is 5.71. The van der Waals surface area contributed by atoms with E-state index >= 15 is 0 Å². The minimum absolute atomic E-state index is 0. The minimum Gasteiger partial charge on any atom is -0.384 e. The number of hydrogen-bond acceptors (Lipinski definition) is 4. The molecular weight excluding hydrogens is 266 g/mol. The molecule has 7 heteroatoms. The van der Waals surface area contributed by atoms with Crippen LogP contribution >= 0.6 is 12.4 Å². The molecule has 1 amide bonds. The number of nitrogens with two attached hydrogens (primary N) is 1. The number of hydrogen-bond donors (Lipinski definition) is 2. The van der Waals surface area contributed by atoms with Crippen LogP contribution < -0.4 is 11.1 Å². The molecule has 102 valence electrons. The van der Waals surface area contributed by atoms with E-state index in [0.717, 1.165) is 5.69 Å². The average Bonchev–Trinajstić information content (AvgIpc) is 2.56. The monoisotopic (exact) mass is 281 g/mol. The van der Waals surface area contributed by atoms with Crippen molar-refractivity contribution in [1.29, 1.82) is 0 Å².